The third kappa shape index (κ3) is 2.17. The van der Waals surface area contributed by atoms with E-state index in [-0.39, 0.29) is 18.0 Å². The van der Waals surface area contributed by atoms with Crippen LogP contribution in [0.15, 0.2) is 15.9 Å². The first-order chi connectivity index (χ1) is 7.63. The van der Waals surface area contributed by atoms with Crippen molar-refractivity contribution in [3.05, 3.63) is 20.8 Å². The summed E-state index contributed by atoms with van der Waals surface area (Å²) >= 11 is 5.11. The maximum atomic E-state index is 11.8. The molecule has 0 spiro atoms. The van der Waals surface area contributed by atoms with E-state index in [1.807, 2.05) is 17.9 Å². The molecule has 2 N–H and O–H groups in total. The third-order valence-electron chi connectivity index (χ3n) is 2.98. The van der Waals surface area contributed by atoms with Crippen LogP contribution in [0.1, 0.15) is 30.7 Å². The summed E-state index contributed by atoms with van der Waals surface area (Å²) in [6.45, 7) is 2.73. The van der Waals surface area contributed by atoms with Gasteiger partial charge in [0.2, 0.25) is 5.91 Å². The molecule has 0 saturated carbocycles. The van der Waals surface area contributed by atoms with E-state index in [2.05, 4.69) is 22.0 Å². The van der Waals surface area contributed by atoms with E-state index in [0.29, 0.717) is 6.42 Å². The van der Waals surface area contributed by atoms with Gasteiger partial charge in [-0.1, -0.05) is 0 Å². The van der Waals surface area contributed by atoms with Crippen molar-refractivity contribution >= 4 is 33.2 Å². The number of hydrogen-bond donors (Lipinski definition) is 1. The third-order valence-corrected chi connectivity index (χ3v) is 4.67. The molecule has 2 atom stereocenters. The van der Waals surface area contributed by atoms with E-state index in [1.165, 1.54) is 4.88 Å². The SMILES string of the molecule is CCN1C(=O)CCC(N)C1c1ccc(Br)s1. The number of nitrogens with two attached hydrogens (primary N) is 1. The molecule has 5 heteroatoms. The fourth-order valence-corrected chi connectivity index (χ4v) is 3.82. The predicted molar refractivity (Wildman–Crippen MR) is 69.4 cm³/mol. The number of likely N-dealkylation sites (N-methyl/N-ethyl adjacent to an activating group) is 1. The van der Waals surface area contributed by atoms with Crippen molar-refractivity contribution in [1.82, 2.24) is 4.90 Å². The Morgan fingerprint density at radius 3 is 2.94 bits per heavy atom. The number of nitrogens with zero attached hydrogens (tertiary/aromatic N) is 1. The van der Waals surface area contributed by atoms with Gasteiger partial charge in [0, 0.05) is 23.9 Å². The number of halogens is 1. The first-order valence-electron chi connectivity index (χ1n) is 5.43. The summed E-state index contributed by atoms with van der Waals surface area (Å²) in [5.41, 5.74) is 6.15. The molecule has 16 heavy (non-hydrogen) atoms. The van der Waals surface area contributed by atoms with Crippen LogP contribution in [0.25, 0.3) is 0 Å². The molecule has 0 bridgehead atoms. The van der Waals surface area contributed by atoms with Crippen LogP contribution in [0.4, 0.5) is 0 Å². The molecule has 2 heterocycles. The number of carbonyl (C=O) groups excluding carboxylic acids is 1. The molecule has 1 aromatic rings. The number of amides is 1. The maximum Gasteiger partial charge on any atom is 0.223 e. The van der Waals surface area contributed by atoms with E-state index in [1.54, 1.807) is 11.3 Å². The fraction of sp³-hybridized carbons (Fsp3) is 0.545. The quantitative estimate of drug-likeness (QED) is 0.912. The molecular weight excluding hydrogens is 288 g/mol. The zero-order valence-electron chi connectivity index (χ0n) is 9.15. The molecule has 1 aliphatic heterocycles. The standard InChI is InChI=1S/C11H15BrN2OS/c1-2-14-10(15)6-3-7(13)11(14)8-4-5-9(12)16-8/h4-5,7,11H,2-3,6,13H2,1H3. The molecule has 0 radical (unpaired) electrons. The first kappa shape index (κ1) is 12.1. The van der Waals surface area contributed by atoms with Gasteiger partial charge in [-0.2, -0.15) is 0 Å². The highest BCUT2D eigenvalue weighted by atomic mass is 79.9. The Balaban J connectivity index is 2.30. The minimum Gasteiger partial charge on any atom is -0.334 e. The summed E-state index contributed by atoms with van der Waals surface area (Å²) in [5.74, 6) is 0.221. The highest BCUT2D eigenvalue weighted by Crippen LogP contribution is 2.36. The van der Waals surface area contributed by atoms with Crippen LogP contribution in [0, 0.1) is 0 Å². The van der Waals surface area contributed by atoms with Gasteiger partial charge in [-0.05, 0) is 41.4 Å². The second-order valence-corrected chi connectivity index (χ2v) is 6.46. The highest BCUT2D eigenvalue weighted by Gasteiger charge is 2.34. The lowest BCUT2D eigenvalue weighted by atomic mass is 9.95. The first-order valence-corrected chi connectivity index (χ1v) is 7.04. The van der Waals surface area contributed by atoms with Gasteiger partial charge < -0.3 is 10.6 Å². The topological polar surface area (TPSA) is 46.3 Å². The molecule has 0 aromatic carbocycles. The van der Waals surface area contributed by atoms with Crippen molar-refractivity contribution < 1.29 is 4.79 Å². The summed E-state index contributed by atoms with van der Waals surface area (Å²) in [7, 11) is 0. The molecule has 2 unspecified atom stereocenters. The number of hydrogen-bond acceptors (Lipinski definition) is 3. The molecular formula is C11H15BrN2OS. The van der Waals surface area contributed by atoms with Crippen LogP contribution < -0.4 is 5.73 Å². The second-order valence-electron chi connectivity index (χ2n) is 3.97. The maximum absolute atomic E-state index is 11.8. The van der Waals surface area contributed by atoms with Crippen LogP contribution >= 0.6 is 27.3 Å². The summed E-state index contributed by atoms with van der Waals surface area (Å²) in [6, 6.07) is 4.19. The van der Waals surface area contributed by atoms with Gasteiger partial charge in [0.05, 0.1) is 9.83 Å². The van der Waals surface area contributed by atoms with E-state index in [4.69, 9.17) is 5.73 Å². The monoisotopic (exact) mass is 302 g/mol. The number of piperidine rings is 1. The van der Waals surface area contributed by atoms with E-state index >= 15 is 0 Å². The van der Waals surface area contributed by atoms with Crippen molar-refractivity contribution in [1.29, 1.82) is 0 Å². The lowest BCUT2D eigenvalue weighted by Crippen LogP contribution is -2.48. The van der Waals surface area contributed by atoms with Crippen molar-refractivity contribution in [3.63, 3.8) is 0 Å². The lowest BCUT2D eigenvalue weighted by Gasteiger charge is -2.38. The normalized spacial score (nSPS) is 26.2. The van der Waals surface area contributed by atoms with Crippen molar-refractivity contribution in [2.24, 2.45) is 5.73 Å². The van der Waals surface area contributed by atoms with Gasteiger partial charge in [0.1, 0.15) is 0 Å². The Morgan fingerprint density at radius 2 is 2.38 bits per heavy atom. The molecule has 1 amide bonds. The molecule has 1 aliphatic rings. The Morgan fingerprint density at radius 1 is 1.62 bits per heavy atom. The number of carbonyl (C=O) groups is 1. The zero-order valence-corrected chi connectivity index (χ0v) is 11.6. The molecule has 1 saturated heterocycles. The summed E-state index contributed by atoms with van der Waals surface area (Å²) < 4.78 is 1.09. The molecule has 1 fully saturated rings. The summed E-state index contributed by atoms with van der Waals surface area (Å²) in [4.78, 5) is 14.9. The number of thiophene rings is 1. The van der Waals surface area contributed by atoms with E-state index < -0.39 is 0 Å². The Hall–Kier alpha value is -0.390. The Labute approximate surface area is 108 Å². The molecule has 0 aliphatic carbocycles. The highest BCUT2D eigenvalue weighted by molar-refractivity contribution is 9.11. The lowest BCUT2D eigenvalue weighted by molar-refractivity contribution is -0.136. The molecule has 3 nitrogen and oxygen atoms in total. The second kappa shape index (κ2) is 4.85. The minimum atomic E-state index is 0.0579. The van der Waals surface area contributed by atoms with Crippen LogP contribution in [0.3, 0.4) is 0 Å². The van der Waals surface area contributed by atoms with Crippen LogP contribution in [-0.4, -0.2) is 23.4 Å². The average molecular weight is 303 g/mol. The van der Waals surface area contributed by atoms with Crippen molar-refractivity contribution in [3.8, 4) is 0 Å². The van der Waals surface area contributed by atoms with Gasteiger partial charge in [0.25, 0.3) is 0 Å². The Kier molecular flexibility index (Phi) is 3.66. The fourth-order valence-electron chi connectivity index (χ4n) is 2.20. The summed E-state index contributed by atoms with van der Waals surface area (Å²) in [6.07, 6.45) is 1.37. The van der Waals surface area contributed by atoms with Crippen LogP contribution in [0.5, 0.6) is 0 Å². The smallest absolute Gasteiger partial charge is 0.223 e. The van der Waals surface area contributed by atoms with Gasteiger partial charge in [-0.15, -0.1) is 11.3 Å². The van der Waals surface area contributed by atoms with Crippen LogP contribution in [0.2, 0.25) is 0 Å². The molecule has 1 aromatic heterocycles. The number of likely N-dealkylation sites (tertiary alicyclic amines) is 1. The zero-order chi connectivity index (χ0) is 11.7. The van der Waals surface area contributed by atoms with Gasteiger partial charge in [-0.25, -0.2) is 0 Å². The predicted octanol–water partition coefficient (Wildman–Crippen LogP) is 2.52. The van der Waals surface area contributed by atoms with Gasteiger partial charge in [0.15, 0.2) is 0 Å². The average Bonchev–Trinajstić information content (AvgIpc) is 2.67. The molecule has 2 rings (SSSR count). The Bertz CT molecular complexity index is 393. The summed E-state index contributed by atoms with van der Waals surface area (Å²) in [5, 5.41) is 0. The van der Waals surface area contributed by atoms with Gasteiger partial charge >= 0.3 is 0 Å². The van der Waals surface area contributed by atoms with Gasteiger partial charge in [-0.3, -0.25) is 4.79 Å². The van der Waals surface area contributed by atoms with Crippen molar-refractivity contribution in [2.75, 3.05) is 6.54 Å². The van der Waals surface area contributed by atoms with E-state index in [0.717, 1.165) is 16.8 Å². The van der Waals surface area contributed by atoms with E-state index in [9.17, 15) is 4.79 Å². The largest absolute Gasteiger partial charge is 0.334 e. The molecule has 88 valence electrons. The van der Waals surface area contributed by atoms with Crippen LogP contribution in [-0.2, 0) is 4.79 Å². The number of rotatable bonds is 2. The minimum absolute atomic E-state index is 0.0579. The van der Waals surface area contributed by atoms with Crippen molar-refractivity contribution in [2.45, 2.75) is 31.8 Å².